The van der Waals surface area contributed by atoms with E-state index in [1.807, 2.05) is 6.07 Å². The van der Waals surface area contributed by atoms with Crippen molar-refractivity contribution in [3.05, 3.63) is 81.6 Å². The van der Waals surface area contributed by atoms with Gasteiger partial charge in [0.1, 0.15) is 22.0 Å². The van der Waals surface area contributed by atoms with Crippen molar-refractivity contribution in [1.29, 1.82) is 10.5 Å². The molecule has 2 aromatic carbocycles. The standard InChI is InChI=1S/C22H12Br2N4O3S/c23-11-1-3-16(29)10(5-11)6-18-21(31)28-20(27)14(8-25)19(15(9-26)22(28)32-18)13-7-12(24)2-4-17(13)30/h1-7,19,29-30H,27H2/b18-6-/t19-/m1/s1. The number of benzene rings is 2. The van der Waals surface area contributed by atoms with Gasteiger partial charge in [0.15, 0.2) is 0 Å². The van der Waals surface area contributed by atoms with Crippen LogP contribution < -0.4 is 20.5 Å². The molecule has 4 rings (SSSR count). The van der Waals surface area contributed by atoms with Crippen molar-refractivity contribution < 1.29 is 10.2 Å². The first-order chi connectivity index (χ1) is 15.3. The van der Waals surface area contributed by atoms with Crippen LogP contribution in [0.3, 0.4) is 0 Å². The molecule has 0 saturated heterocycles. The van der Waals surface area contributed by atoms with Gasteiger partial charge in [0, 0.05) is 20.1 Å². The zero-order chi connectivity index (χ0) is 23.2. The third kappa shape index (κ3) is 3.53. The van der Waals surface area contributed by atoms with Crippen molar-refractivity contribution >= 4 is 60.7 Å². The molecule has 158 valence electrons. The smallest absolute Gasteiger partial charge is 0.274 e. The number of allylic oxidation sites excluding steroid dienone is 1. The summed E-state index contributed by atoms with van der Waals surface area (Å²) >= 11 is 7.69. The number of hydrogen-bond donors (Lipinski definition) is 3. The Hall–Kier alpha value is -3.31. The predicted molar refractivity (Wildman–Crippen MR) is 128 cm³/mol. The Morgan fingerprint density at radius 3 is 2.31 bits per heavy atom. The molecule has 1 atom stereocenters. The fourth-order valence-electron chi connectivity index (χ4n) is 3.50. The molecule has 0 unspecified atom stereocenters. The Balaban J connectivity index is 2.10. The highest BCUT2D eigenvalue weighted by atomic mass is 79.9. The molecule has 0 saturated carbocycles. The van der Waals surface area contributed by atoms with Crippen LogP contribution in [-0.2, 0) is 0 Å². The van der Waals surface area contributed by atoms with Gasteiger partial charge in [-0.1, -0.05) is 31.9 Å². The summed E-state index contributed by atoms with van der Waals surface area (Å²) in [5, 5.41) is 40.4. The number of thiazole rings is 1. The van der Waals surface area contributed by atoms with E-state index in [2.05, 4.69) is 37.9 Å². The number of phenolic OH excluding ortho intramolecular Hbond substituents is 2. The molecular weight excluding hydrogens is 560 g/mol. The van der Waals surface area contributed by atoms with Crippen LogP contribution in [0.2, 0.25) is 0 Å². The minimum atomic E-state index is -0.937. The first kappa shape index (κ1) is 21.9. The summed E-state index contributed by atoms with van der Waals surface area (Å²) in [6.45, 7) is 0. The van der Waals surface area contributed by atoms with E-state index in [1.54, 1.807) is 24.3 Å². The number of nitriles is 2. The summed E-state index contributed by atoms with van der Waals surface area (Å²) in [4.78, 5) is 13.2. The molecule has 0 radical (unpaired) electrons. The second-order valence-electron chi connectivity index (χ2n) is 6.83. The highest BCUT2D eigenvalue weighted by Gasteiger charge is 2.33. The number of nitrogens with two attached hydrogens (primary N) is 1. The normalized spacial score (nSPS) is 15.9. The molecule has 4 N–H and O–H groups in total. The lowest BCUT2D eigenvalue weighted by Gasteiger charge is -2.23. The number of rotatable bonds is 2. The van der Waals surface area contributed by atoms with Crippen molar-refractivity contribution in [3.63, 3.8) is 0 Å². The monoisotopic (exact) mass is 570 g/mol. The van der Waals surface area contributed by atoms with Gasteiger partial charge in [0.2, 0.25) is 0 Å². The number of hydrogen-bond acceptors (Lipinski definition) is 7. The van der Waals surface area contributed by atoms with Crippen LogP contribution >= 0.6 is 43.2 Å². The van der Waals surface area contributed by atoms with Gasteiger partial charge in [-0.2, -0.15) is 10.5 Å². The maximum Gasteiger partial charge on any atom is 0.274 e. The van der Waals surface area contributed by atoms with Gasteiger partial charge >= 0.3 is 0 Å². The summed E-state index contributed by atoms with van der Waals surface area (Å²) in [5.41, 5.74) is 6.54. The van der Waals surface area contributed by atoms with Crippen molar-refractivity contribution in [2.75, 3.05) is 0 Å². The summed E-state index contributed by atoms with van der Waals surface area (Å²) < 4.78 is 2.98. The maximum atomic E-state index is 13.2. The lowest BCUT2D eigenvalue weighted by atomic mass is 9.84. The van der Waals surface area contributed by atoms with E-state index in [0.29, 0.717) is 20.1 Å². The van der Waals surface area contributed by atoms with Gasteiger partial charge in [-0.25, -0.2) is 0 Å². The average Bonchev–Trinajstić information content (AvgIpc) is 3.08. The number of aromatic nitrogens is 1. The molecule has 1 aromatic heterocycles. The van der Waals surface area contributed by atoms with Crippen LogP contribution in [0.4, 0.5) is 0 Å². The molecule has 0 amide bonds. The second-order valence-corrected chi connectivity index (χ2v) is 9.69. The Morgan fingerprint density at radius 1 is 1.03 bits per heavy atom. The molecule has 7 nitrogen and oxygen atoms in total. The third-order valence-corrected chi connectivity index (χ3v) is 7.06. The van der Waals surface area contributed by atoms with Gasteiger partial charge in [0.25, 0.3) is 5.56 Å². The summed E-state index contributed by atoms with van der Waals surface area (Å²) in [6, 6.07) is 13.6. The lowest BCUT2D eigenvalue weighted by molar-refractivity contribution is 0.467. The Bertz CT molecular complexity index is 1590. The van der Waals surface area contributed by atoms with Crippen molar-refractivity contribution in [2.24, 2.45) is 5.73 Å². The van der Waals surface area contributed by atoms with E-state index in [1.165, 1.54) is 18.2 Å². The molecule has 0 aliphatic carbocycles. The summed E-state index contributed by atoms with van der Waals surface area (Å²) in [6.07, 6.45) is 1.50. The molecule has 10 heteroatoms. The summed E-state index contributed by atoms with van der Waals surface area (Å²) in [5.74, 6) is -1.17. The van der Waals surface area contributed by atoms with Crippen LogP contribution in [0.5, 0.6) is 11.5 Å². The number of phenols is 2. The number of fused-ring (bicyclic) bond motifs is 1. The van der Waals surface area contributed by atoms with Crippen LogP contribution in [0.25, 0.3) is 17.5 Å². The largest absolute Gasteiger partial charge is 0.508 e. The molecule has 2 heterocycles. The fourth-order valence-corrected chi connectivity index (χ4v) is 5.38. The van der Waals surface area contributed by atoms with Gasteiger partial charge in [0.05, 0.1) is 33.7 Å². The van der Waals surface area contributed by atoms with Crippen molar-refractivity contribution in [1.82, 2.24) is 4.57 Å². The predicted octanol–water partition coefficient (Wildman–Crippen LogP) is 2.80. The molecular formula is C22H12Br2N4O3S. The van der Waals surface area contributed by atoms with E-state index in [-0.39, 0.29) is 37.7 Å². The minimum absolute atomic E-state index is 0.0146. The van der Waals surface area contributed by atoms with E-state index >= 15 is 0 Å². The van der Waals surface area contributed by atoms with Crippen LogP contribution in [0, 0.1) is 22.7 Å². The minimum Gasteiger partial charge on any atom is -0.508 e. The Labute approximate surface area is 202 Å². The Kier molecular flexibility index (Phi) is 5.70. The van der Waals surface area contributed by atoms with Gasteiger partial charge in [-0.15, -0.1) is 11.3 Å². The van der Waals surface area contributed by atoms with Gasteiger partial charge < -0.3 is 15.9 Å². The van der Waals surface area contributed by atoms with Crippen molar-refractivity contribution in [3.8, 4) is 23.6 Å². The first-order valence-electron chi connectivity index (χ1n) is 9.01. The molecule has 0 fully saturated rings. The first-order valence-corrected chi connectivity index (χ1v) is 11.4. The van der Waals surface area contributed by atoms with Gasteiger partial charge in [-0.05, 0) is 42.5 Å². The topological polar surface area (TPSA) is 136 Å². The molecule has 32 heavy (non-hydrogen) atoms. The van der Waals surface area contributed by atoms with E-state index < -0.39 is 11.5 Å². The number of aromatic hydroxyl groups is 2. The zero-order valence-corrected chi connectivity index (χ0v) is 20.0. The number of halogens is 2. The maximum absolute atomic E-state index is 13.2. The highest BCUT2D eigenvalue weighted by molar-refractivity contribution is 9.10. The van der Waals surface area contributed by atoms with Crippen LogP contribution in [0.15, 0.2) is 55.7 Å². The quantitative estimate of drug-likeness (QED) is 0.433. The highest BCUT2D eigenvalue weighted by Crippen LogP contribution is 2.40. The Morgan fingerprint density at radius 2 is 1.66 bits per heavy atom. The second kappa shape index (κ2) is 8.32. The summed E-state index contributed by atoms with van der Waals surface area (Å²) in [7, 11) is 0. The van der Waals surface area contributed by atoms with E-state index in [0.717, 1.165) is 15.9 Å². The molecule has 1 aliphatic rings. The fraction of sp³-hybridized carbons (Fsp3) is 0.0455. The van der Waals surface area contributed by atoms with Crippen molar-refractivity contribution in [2.45, 2.75) is 5.92 Å². The van der Waals surface area contributed by atoms with Crippen LogP contribution in [0.1, 0.15) is 17.0 Å². The molecule has 0 spiro atoms. The molecule has 1 aliphatic heterocycles. The molecule has 3 aromatic rings. The molecule has 0 bridgehead atoms. The average molecular weight is 572 g/mol. The third-order valence-electron chi connectivity index (χ3n) is 4.97. The van der Waals surface area contributed by atoms with E-state index in [9.17, 15) is 25.5 Å². The van der Waals surface area contributed by atoms with E-state index in [4.69, 9.17) is 5.73 Å². The number of nitrogens with zero attached hydrogens (tertiary/aromatic N) is 3. The van der Waals surface area contributed by atoms with Gasteiger partial charge in [-0.3, -0.25) is 9.36 Å². The lowest BCUT2D eigenvalue weighted by Crippen LogP contribution is -2.38. The SMILES string of the molecule is N#CC1=C(N)n2c(s/c(=C\c3cc(Br)ccc3O)c2=O)=C(C#N)[C@@H]1c1cc(Br)ccc1O. The van der Waals surface area contributed by atoms with Crippen LogP contribution in [-0.4, -0.2) is 14.8 Å². The zero-order valence-electron chi connectivity index (χ0n) is 16.0.